The Morgan fingerprint density at radius 3 is 2.53 bits per heavy atom. The van der Waals surface area contributed by atoms with Crippen LogP contribution < -0.4 is 15.5 Å². The number of carbonyl (C=O) groups is 3. The number of carbonyl (C=O) groups excluding carboxylic acids is 3. The largest absolute Gasteiger partial charge is 0.352 e. The molecule has 1 fully saturated rings. The molecule has 7 heteroatoms. The second kappa shape index (κ2) is 9.76. The zero-order chi connectivity index (χ0) is 21.7. The van der Waals surface area contributed by atoms with Crippen LogP contribution in [0.5, 0.6) is 0 Å². The van der Waals surface area contributed by atoms with Crippen LogP contribution in [-0.4, -0.2) is 30.3 Å². The van der Waals surface area contributed by atoms with E-state index in [0.29, 0.717) is 29.4 Å². The third kappa shape index (κ3) is 5.19. The van der Waals surface area contributed by atoms with Crippen LogP contribution in [0.25, 0.3) is 0 Å². The van der Waals surface area contributed by atoms with Gasteiger partial charge in [0.2, 0.25) is 11.8 Å². The smallest absolute Gasteiger partial charge is 0.251 e. The number of para-hydroxylation sites is 1. The maximum Gasteiger partial charge on any atom is 0.251 e. The third-order valence-corrected chi connectivity index (χ3v) is 5.63. The summed E-state index contributed by atoms with van der Waals surface area (Å²) in [6, 6.07) is 14.4. The minimum absolute atomic E-state index is 0.107. The predicted octanol–water partition coefficient (Wildman–Crippen LogP) is 3.54. The molecule has 0 bridgehead atoms. The fraction of sp³-hybridized carbons (Fsp3) is 0.348. The molecule has 30 heavy (non-hydrogen) atoms. The molecule has 0 spiro atoms. The van der Waals surface area contributed by atoms with E-state index in [0.717, 1.165) is 12.0 Å². The number of amides is 3. The predicted molar refractivity (Wildman–Crippen MR) is 117 cm³/mol. The molecule has 0 unspecified atom stereocenters. The SMILES string of the molecule is CC[C@@H](C)NC(=O)c1ccc(CNC(=O)[C@@H]2CC(=O)N(c3ccccc3Cl)C2)cc1. The molecule has 6 nitrogen and oxygen atoms in total. The number of nitrogens with zero attached hydrogens (tertiary/aromatic N) is 1. The van der Waals surface area contributed by atoms with E-state index in [1.54, 1.807) is 35.2 Å². The Labute approximate surface area is 181 Å². The van der Waals surface area contributed by atoms with E-state index in [2.05, 4.69) is 10.6 Å². The Morgan fingerprint density at radius 1 is 1.17 bits per heavy atom. The van der Waals surface area contributed by atoms with Gasteiger partial charge in [0, 0.05) is 31.1 Å². The molecule has 3 amide bonds. The Morgan fingerprint density at radius 2 is 1.87 bits per heavy atom. The van der Waals surface area contributed by atoms with Crippen LogP contribution in [0.3, 0.4) is 0 Å². The van der Waals surface area contributed by atoms with Crippen LogP contribution in [0.1, 0.15) is 42.6 Å². The summed E-state index contributed by atoms with van der Waals surface area (Å²) in [6.45, 7) is 4.62. The van der Waals surface area contributed by atoms with E-state index in [1.807, 2.05) is 32.0 Å². The summed E-state index contributed by atoms with van der Waals surface area (Å²) in [4.78, 5) is 38.6. The van der Waals surface area contributed by atoms with Gasteiger partial charge in [-0.1, -0.05) is 42.8 Å². The first-order valence-electron chi connectivity index (χ1n) is 10.1. The summed E-state index contributed by atoms with van der Waals surface area (Å²) in [7, 11) is 0. The lowest BCUT2D eigenvalue weighted by Crippen LogP contribution is -2.33. The number of rotatable bonds is 7. The Hall–Kier alpha value is -2.86. The minimum atomic E-state index is -0.422. The average Bonchev–Trinajstić information content (AvgIpc) is 3.14. The molecule has 2 aromatic carbocycles. The van der Waals surface area contributed by atoms with Crippen molar-refractivity contribution in [2.75, 3.05) is 11.4 Å². The van der Waals surface area contributed by atoms with Crippen molar-refractivity contribution >= 4 is 35.0 Å². The summed E-state index contributed by atoms with van der Waals surface area (Å²) in [6.07, 6.45) is 1.03. The standard InChI is InChI=1S/C23H26ClN3O3/c1-3-15(2)26-23(30)17-10-8-16(9-11-17)13-25-22(29)18-12-21(28)27(14-18)20-7-5-4-6-19(20)24/h4-11,15,18H,3,12-14H2,1-2H3,(H,25,29)(H,26,30)/t15-,18-/m1/s1. The molecule has 2 atom stereocenters. The van der Waals surface area contributed by atoms with Crippen molar-refractivity contribution in [1.82, 2.24) is 10.6 Å². The highest BCUT2D eigenvalue weighted by molar-refractivity contribution is 6.33. The van der Waals surface area contributed by atoms with Gasteiger partial charge in [-0.25, -0.2) is 0 Å². The van der Waals surface area contributed by atoms with E-state index in [1.165, 1.54) is 0 Å². The second-order valence-electron chi connectivity index (χ2n) is 7.55. The quantitative estimate of drug-likeness (QED) is 0.709. The first-order valence-corrected chi connectivity index (χ1v) is 10.5. The minimum Gasteiger partial charge on any atom is -0.352 e. The molecule has 158 valence electrons. The molecule has 1 aliphatic heterocycles. The Bertz CT molecular complexity index is 930. The summed E-state index contributed by atoms with van der Waals surface area (Å²) in [5, 5.41) is 6.30. The fourth-order valence-electron chi connectivity index (χ4n) is 3.30. The number of nitrogens with one attached hydrogen (secondary N) is 2. The number of halogens is 1. The van der Waals surface area contributed by atoms with Gasteiger partial charge in [0.25, 0.3) is 5.91 Å². The third-order valence-electron chi connectivity index (χ3n) is 5.31. The van der Waals surface area contributed by atoms with Crippen LogP contribution in [0.15, 0.2) is 48.5 Å². The maximum atomic E-state index is 12.6. The highest BCUT2D eigenvalue weighted by Crippen LogP contribution is 2.31. The van der Waals surface area contributed by atoms with Crippen LogP contribution in [0, 0.1) is 5.92 Å². The number of anilines is 1. The highest BCUT2D eigenvalue weighted by Gasteiger charge is 2.35. The molecule has 0 saturated carbocycles. The van der Waals surface area contributed by atoms with Gasteiger partial charge in [0.05, 0.1) is 16.6 Å². The zero-order valence-electron chi connectivity index (χ0n) is 17.2. The number of benzene rings is 2. The molecule has 3 rings (SSSR count). The normalized spacial score (nSPS) is 17.0. The molecular weight excluding hydrogens is 402 g/mol. The second-order valence-corrected chi connectivity index (χ2v) is 7.96. The van der Waals surface area contributed by atoms with Gasteiger partial charge in [-0.05, 0) is 43.2 Å². The molecule has 1 aliphatic rings. The molecule has 1 saturated heterocycles. The van der Waals surface area contributed by atoms with Crippen molar-refractivity contribution < 1.29 is 14.4 Å². The topological polar surface area (TPSA) is 78.5 Å². The molecule has 2 aromatic rings. The molecule has 0 aromatic heterocycles. The molecule has 0 radical (unpaired) electrons. The average molecular weight is 428 g/mol. The van der Waals surface area contributed by atoms with Crippen molar-refractivity contribution in [3.8, 4) is 0 Å². The monoisotopic (exact) mass is 427 g/mol. The maximum absolute atomic E-state index is 12.6. The highest BCUT2D eigenvalue weighted by atomic mass is 35.5. The van der Waals surface area contributed by atoms with Crippen LogP contribution in [0.2, 0.25) is 5.02 Å². The molecular formula is C23H26ClN3O3. The molecule has 0 aliphatic carbocycles. The Kier molecular flexibility index (Phi) is 7.11. The van der Waals surface area contributed by atoms with E-state index in [9.17, 15) is 14.4 Å². The summed E-state index contributed by atoms with van der Waals surface area (Å²) in [5.74, 6) is -0.810. The number of hydrogen-bond acceptors (Lipinski definition) is 3. The van der Waals surface area contributed by atoms with E-state index in [4.69, 9.17) is 11.6 Å². The van der Waals surface area contributed by atoms with Gasteiger partial charge in [-0.15, -0.1) is 0 Å². The van der Waals surface area contributed by atoms with E-state index >= 15 is 0 Å². The van der Waals surface area contributed by atoms with Gasteiger partial charge < -0.3 is 15.5 Å². The van der Waals surface area contributed by atoms with Gasteiger partial charge in [-0.3, -0.25) is 14.4 Å². The van der Waals surface area contributed by atoms with Gasteiger partial charge in [-0.2, -0.15) is 0 Å². The first kappa shape index (κ1) is 21.8. The zero-order valence-corrected chi connectivity index (χ0v) is 17.9. The lowest BCUT2D eigenvalue weighted by molar-refractivity contribution is -0.126. The van der Waals surface area contributed by atoms with Crippen LogP contribution >= 0.6 is 11.6 Å². The molecule has 2 N–H and O–H groups in total. The van der Waals surface area contributed by atoms with E-state index in [-0.39, 0.29) is 30.2 Å². The van der Waals surface area contributed by atoms with Crippen molar-refractivity contribution in [2.45, 2.75) is 39.3 Å². The summed E-state index contributed by atoms with van der Waals surface area (Å²) < 4.78 is 0. The van der Waals surface area contributed by atoms with Gasteiger partial charge >= 0.3 is 0 Å². The fourth-order valence-corrected chi connectivity index (χ4v) is 3.54. The lowest BCUT2D eigenvalue weighted by atomic mass is 10.1. The summed E-state index contributed by atoms with van der Waals surface area (Å²) >= 11 is 6.19. The Balaban J connectivity index is 1.54. The summed E-state index contributed by atoms with van der Waals surface area (Å²) in [5.41, 5.74) is 2.10. The lowest BCUT2D eigenvalue weighted by Gasteiger charge is -2.18. The van der Waals surface area contributed by atoms with Crippen molar-refractivity contribution in [3.63, 3.8) is 0 Å². The van der Waals surface area contributed by atoms with Crippen molar-refractivity contribution in [1.29, 1.82) is 0 Å². The van der Waals surface area contributed by atoms with Gasteiger partial charge in [0.15, 0.2) is 0 Å². The van der Waals surface area contributed by atoms with Crippen molar-refractivity contribution in [3.05, 3.63) is 64.7 Å². The molecule has 1 heterocycles. The van der Waals surface area contributed by atoms with Crippen LogP contribution in [-0.2, 0) is 16.1 Å². The van der Waals surface area contributed by atoms with E-state index < -0.39 is 5.92 Å². The van der Waals surface area contributed by atoms with Crippen molar-refractivity contribution in [2.24, 2.45) is 5.92 Å². The van der Waals surface area contributed by atoms with Crippen LogP contribution in [0.4, 0.5) is 5.69 Å². The number of hydrogen-bond donors (Lipinski definition) is 2. The van der Waals surface area contributed by atoms with Gasteiger partial charge in [0.1, 0.15) is 0 Å². The first-order chi connectivity index (χ1) is 14.4.